The van der Waals surface area contributed by atoms with Crippen LogP contribution in [0.4, 0.5) is 0 Å². The first-order valence-corrected chi connectivity index (χ1v) is 9.95. The van der Waals surface area contributed by atoms with E-state index in [1.54, 1.807) is 0 Å². The second-order valence-corrected chi connectivity index (χ2v) is 7.23. The molecule has 0 aromatic heterocycles. The number of unbranched alkanes of at least 4 members (excludes halogenated alkanes) is 2. The summed E-state index contributed by atoms with van der Waals surface area (Å²) in [4.78, 5) is 11.4. The van der Waals surface area contributed by atoms with Crippen LogP contribution in [0.15, 0.2) is 36.0 Å². The summed E-state index contributed by atoms with van der Waals surface area (Å²) in [7, 11) is 1.42. The maximum Gasteiger partial charge on any atom is 0.308 e. The van der Waals surface area contributed by atoms with Crippen molar-refractivity contribution >= 4 is 5.97 Å². The minimum atomic E-state index is -0.425. The molecule has 1 aliphatic rings. The highest BCUT2D eigenvalue weighted by Crippen LogP contribution is 2.30. The Balaban J connectivity index is 2.40. The summed E-state index contributed by atoms with van der Waals surface area (Å²) >= 11 is 0. The quantitative estimate of drug-likeness (QED) is 0.307. The zero-order valence-corrected chi connectivity index (χ0v) is 16.6. The van der Waals surface area contributed by atoms with Crippen molar-refractivity contribution in [2.24, 2.45) is 11.8 Å². The molecule has 0 aliphatic heterocycles. The van der Waals surface area contributed by atoms with E-state index < -0.39 is 12.2 Å². The Morgan fingerprint density at radius 2 is 2.12 bits per heavy atom. The molecule has 2 N–H and O–H groups in total. The van der Waals surface area contributed by atoms with E-state index >= 15 is 0 Å². The van der Waals surface area contributed by atoms with Crippen LogP contribution in [0.5, 0.6) is 0 Å². The van der Waals surface area contributed by atoms with Crippen molar-refractivity contribution in [3.05, 3.63) is 36.0 Å². The lowest BCUT2D eigenvalue weighted by atomic mass is 9.95. The first-order valence-electron chi connectivity index (χ1n) is 9.95. The van der Waals surface area contributed by atoms with Gasteiger partial charge in [0.05, 0.1) is 25.2 Å². The summed E-state index contributed by atoms with van der Waals surface area (Å²) in [6.45, 7) is 4.03. The molecule has 0 heterocycles. The number of hydrogen-bond acceptors (Lipinski definition) is 4. The Kier molecular flexibility index (Phi) is 11.2. The van der Waals surface area contributed by atoms with Crippen molar-refractivity contribution in [2.45, 2.75) is 77.4 Å². The van der Waals surface area contributed by atoms with Crippen molar-refractivity contribution in [1.82, 2.24) is 0 Å². The fourth-order valence-corrected chi connectivity index (χ4v) is 3.22. The monoisotopic (exact) mass is 364 g/mol. The molecule has 0 radical (unpaired) electrons. The number of hydrogen-bond donors (Lipinski definition) is 2. The normalized spacial score (nSPS) is 22.7. The van der Waals surface area contributed by atoms with Crippen LogP contribution in [0.3, 0.4) is 0 Å². The van der Waals surface area contributed by atoms with Gasteiger partial charge in [-0.05, 0) is 32.1 Å². The molecular weight excluding hydrogens is 328 g/mol. The lowest BCUT2D eigenvalue weighted by Crippen LogP contribution is -2.15. The van der Waals surface area contributed by atoms with E-state index in [1.807, 2.05) is 19.1 Å². The van der Waals surface area contributed by atoms with Gasteiger partial charge in [-0.3, -0.25) is 4.79 Å². The molecular formula is C22H36O4. The minimum Gasteiger partial charge on any atom is -0.469 e. The number of esters is 1. The molecule has 0 bridgehead atoms. The third-order valence-corrected chi connectivity index (χ3v) is 5.00. The van der Waals surface area contributed by atoms with E-state index in [2.05, 4.69) is 25.2 Å². The maximum atomic E-state index is 11.4. The van der Waals surface area contributed by atoms with Gasteiger partial charge in [0.25, 0.3) is 0 Å². The number of ether oxygens (including phenoxy) is 1. The van der Waals surface area contributed by atoms with E-state index in [0.717, 1.165) is 44.9 Å². The molecule has 26 heavy (non-hydrogen) atoms. The molecule has 1 aliphatic carbocycles. The molecule has 4 nitrogen and oxygen atoms in total. The molecule has 0 amide bonds. The lowest BCUT2D eigenvalue weighted by Gasteiger charge is -2.15. The second-order valence-electron chi connectivity index (χ2n) is 7.23. The first-order chi connectivity index (χ1) is 12.5. The maximum absolute atomic E-state index is 11.4. The Bertz CT molecular complexity index is 492. The molecule has 0 spiro atoms. The molecule has 0 saturated heterocycles. The van der Waals surface area contributed by atoms with Crippen molar-refractivity contribution in [2.75, 3.05) is 7.11 Å². The third kappa shape index (κ3) is 8.33. The van der Waals surface area contributed by atoms with E-state index in [4.69, 9.17) is 4.74 Å². The van der Waals surface area contributed by atoms with E-state index in [0.29, 0.717) is 6.42 Å². The molecule has 1 rings (SSSR count). The number of allylic oxidation sites excluding steroid dienone is 2. The molecule has 148 valence electrons. The topological polar surface area (TPSA) is 66.8 Å². The molecule has 0 saturated carbocycles. The van der Waals surface area contributed by atoms with Gasteiger partial charge >= 0.3 is 5.97 Å². The van der Waals surface area contributed by atoms with Crippen molar-refractivity contribution in [1.29, 1.82) is 0 Å². The number of aliphatic hydroxyl groups is 2. The number of aliphatic hydroxyl groups excluding tert-OH is 2. The van der Waals surface area contributed by atoms with Crippen LogP contribution >= 0.6 is 0 Å². The number of carbonyl (C=O) groups is 1. The van der Waals surface area contributed by atoms with Gasteiger partial charge in [0.1, 0.15) is 0 Å². The van der Waals surface area contributed by atoms with Gasteiger partial charge < -0.3 is 14.9 Å². The SMILES string of the molecule is CCCCCC(O)C=C[C@@H]1C(CC=CCCC(C)C(=O)OC)=CC[C@H]1O. The highest BCUT2D eigenvalue weighted by Gasteiger charge is 2.25. The Morgan fingerprint density at radius 3 is 2.81 bits per heavy atom. The van der Waals surface area contributed by atoms with E-state index in [9.17, 15) is 15.0 Å². The first kappa shape index (κ1) is 22.7. The summed E-state index contributed by atoms with van der Waals surface area (Å²) in [6, 6.07) is 0. The smallest absolute Gasteiger partial charge is 0.308 e. The predicted octanol–water partition coefficient (Wildman–Crippen LogP) is 4.33. The molecule has 4 heteroatoms. The summed E-state index contributed by atoms with van der Waals surface area (Å²) in [5.74, 6) is -0.251. The molecule has 2 unspecified atom stereocenters. The van der Waals surface area contributed by atoms with Gasteiger partial charge in [-0.2, -0.15) is 0 Å². The molecule has 0 aromatic rings. The van der Waals surface area contributed by atoms with Gasteiger partial charge in [0, 0.05) is 5.92 Å². The fraction of sp³-hybridized carbons (Fsp3) is 0.682. The van der Waals surface area contributed by atoms with Gasteiger partial charge in [-0.25, -0.2) is 0 Å². The van der Waals surface area contributed by atoms with Gasteiger partial charge in [-0.15, -0.1) is 0 Å². The standard InChI is InChI=1S/C22H36O4/c1-4-5-7-12-19(23)14-15-20-18(13-16-21(20)24)11-9-6-8-10-17(2)22(25)26-3/h6,9,13-15,17,19-21,23-24H,4-5,7-8,10-12,16H2,1-3H3/t17?,19?,20-,21-/m1/s1. The van der Waals surface area contributed by atoms with Crippen molar-refractivity contribution in [3.63, 3.8) is 0 Å². The predicted molar refractivity (Wildman–Crippen MR) is 106 cm³/mol. The lowest BCUT2D eigenvalue weighted by molar-refractivity contribution is -0.144. The van der Waals surface area contributed by atoms with Crippen molar-refractivity contribution < 1.29 is 19.7 Å². The van der Waals surface area contributed by atoms with Gasteiger partial charge in [0.2, 0.25) is 0 Å². The number of carbonyl (C=O) groups excluding carboxylic acids is 1. The second kappa shape index (κ2) is 12.9. The average molecular weight is 365 g/mol. The summed E-state index contributed by atoms with van der Waals surface area (Å²) in [5, 5.41) is 20.2. The fourth-order valence-electron chi connectivity index (χ4n) is 3.22. The van der Waals surface area contributed by atoms with Crippen LogP contribution in [0.2, 0.25) is 0 Å². The van der Waals surface area contributed by atoms with Gasteiger partial charge in [0.15, 0.2) is 0 Å². The number of rotatable bonds is 12. The molecule has 0 aromatic carbocycles. The van der Waals surface area contributed by atoms with Crippen LogP contribution < -0.4 is 0 Å². The van der Waals surface area contributed by atoms with Crippen LogP contribution in [0.25, 0.3) is 0 Å². The number of methoxy groups -OCH3 is 1. The summed E-state index contributed by atoms with van der Waals surface area (Å²) in [5.41, 5.74) is 1.20. The van der Waals surface area contributed by atoms with Crippen LogP contribution in [-0.4, -0.2) is 35.5 Å². The van der Waals surface area contributed by atoms with Gasteiger partial charge in [-0.1, -0.05) is 69.1 Å². The minimum absolute atomic E-state index is 0.00512. The van der Waals surface area contributed by atoms with E-state index in [1.165, 1.54) is 12.7 Å². The zero-order chi connectivity index (χ0) is 19.4. The third-order valence-electron chi connectivity index (χ3n) is 5.00. The van der Waals surface area contributed by atoms with Crippen molar-refractivity contribution in [3.8, 4) is 0 Å². The largest absolute Gasteiger partial charge is 0.469 e. The summed E-state index contributed by atoms with van der Waals surface area (Å²) in [6.07, 6.45) is 16.5. The highest BCUT2D eigenvalue weighted by atomic mass is 16.5. The van der Waals surface area contributed by atoms with E-state index in [-0.39, 0.29) is 17.8 Å². The molecule has 0 fully saturated rings. The Hall–Kier alpha value is -1.39. The van der Waals surface area contributed by atoms with Crippen LogP contribution in [0.1, 0.15) is 65.2 Å². The Labute approximate surface area is 158 Å². The highest BCUT2D eigenvalue weighted by molar-refractivity contribution is 5.71. The average Bonchev–Trinajstić information content (AvgIpc) is 2.98. The van der Waals surface area contributed by atoms with Crippen LogP contribution in [-0.2, 0) is 9.53 Å². The summed E-state index contributed by atoms with van der Waals surface area (Å²) < 4.78 is 4.73. The Morgan fingerprint density at radius 1 is 1.35 bits per heavy atom. The molecule has 4 atom stereocenters. The van der Waals surface area contributed by atoms with Crippen LogP contribution in [0, 0.1) is 11.8 Å². The zero-order valence-electron chi connectivity index (χ0n) is 16.6.